The van der Waals surface area contributed by atoms with Crippen LogP contribution < -0.4 is 10.1 Å². The Morgan fingerprint density at radius 3 is 2.88 bits per heavy atom. The lowest BCUT2D eigenvalue weighted by Gasteiger charge is -2.11. The van der Waals surface area contributed by atoms with E-state index in [9.17, 15) is 4.79 Å². The number of aryl methyl sites for hydroxylation is 1. The second-order valence-corrected chi connectivity index (χ2v) is 6.71. The summed E-state index contributed by atoms with van der Waals surface area (Å²) >= 11 is 6.13. The van der Waals surface area contributed by atoms with E-state index in [1.54, 1.807) is 19.2 Å². The number of hydrogen-bond donors (Lipinski definition) is 1. The molecule has 0 saturated heterocycles. The number of benzene rings is 1. The number of halogens is 1. The van der Waals surface area contributed by atoms with Gasteiger partial charge < -0.3 is 14.5 Å². The van der Waals surface area contributed by atoms with Crippen molar-refractivity contribution in [2.24, 2.45) is 0 Å². The Hall–Kier alpha value is -2.53. The van der Waals surface area contributed by atoms with Gasteiger partial charge in [0.25, 0.3) is 5.91 Å². The fourth-order valence-corrected chi connectivity index (χ4v) is 3.12. The predicted molar refractivity (Wildman–Crippen MR) is 97.9 cm³/mol. The zero-order valence-corrected chi connectivity index (χ0v) is 14.8. The van der Waals surface area contributed by atoms with Crippen LogP contribution in [0.25, 0.3) is 5.52 Å². The molecule has 128 valence electrons. The van der Waals surface area contributed by atoms with Crippen molar-refractivity contribution in [1.29, 1.82) is 0 Å². The third-order valence-electron chi connectivity index (χ3n) is 4.46. The van der Waals surface area contributed by atoms with Crippen LogP contribution in [0, 0.1) is 6.92 Å². The largest absolute Gasteiger partial charge is 0.495 e. The number of aromatic nitrogens is 2. The van der Waals surface area contributed by atoms with Crippen LogP contribution in [0.4, 0.5) is 5.69 Å². The Bertz CT molecular complexity index is 976. The smallest absolute Gasteiger partial charge is 0.276 e. The molecule has 0 spiro atoms. The summed E-state index contributed by atoms with van der Waals surface area (Å²) in [6, 6.07) is 9.29. The molecule has 0 unspecified atom stereocenters. The maximum Gasteiger partial charge on any atom is 0.276 e. The number of anilines is 1. The lowest BCUT2D eigenvalue weighted by atomic mass is 10.2. The molecule has 1 saturated carbocycles. The van der Waals surface area contributed by atoms with Crippen LogP contribution >= 0.6 is 11.6 Å². The van der Waals surface area contributed by atoms with Crippen LogP contribution in [0.1, 0.15) is 40.6 Å². The van der Waals surface area contributed by atoms with Crippen LogP contribution in [0.2, 0.25) is 5.02 Å². The van der Waals surface area contributed by atoms with Crippen LogP contribution in [-0.2, 0) is 0 Å². The van der Waals surface area contributed by atoms with Crippen molar-refractivity contribution in [3.63, 3.8) is 0 Å². The number of carbonyl (C=O) groups is 1. The van der Waals surface area contributed by atoms with Crippen LogP contribution in [0.15, 0.2) is 36.5 Å². The summed E-state index contributed by atoms with van der Waals surface area (Å²) in [7, 11) is 1.55. The molecule has 6 heteroatoms. The van der Waals surface area contributed by atoms with E-state index in [1.165, 1.54) is 0 Å². The van der Waals surface area contributed by atoms with E-state index >= 15 is 0 Å². The van der Waals surface area contributed by atoms with Gasteiger partial charge in [-0.25, -0.2) is 4.98 Å². The van der Waals surface area contributed by atoms with Crippen LogP contribution in [0.3, 0.4) is 0 Å². The van der Waals surface area contributed by atoms with Gasteiger partial charge in [0.1, 0.15) is 11.6 Å². The molecule has 1 aliphatic carbocycles. The highest BCUT2D eigenvalue weighted by molar-refractivity contribution is 6.31. The zero-order chi connectivity index (χ0) is 17.6. The van der Waals surface area contributed by atoms with Crippen LogP contribution in [-0.4, -0.2) is 22.4 Å². The summed E-state index contributed by atoms with van der Waals surface area (Å²) < 4.78 is 7.34. The van der Waals surface area contributed by atoms with Gasteiger partial charge in [0, 0.05) is 23.2 Å². The number of fused-ring (bicyclic) bond motifs is 1. The fraction of sp³-hybridized carbons (Fsp3) is 0.263. The first-order valence-corrected chi connectivity index (χ1v) is 8.58. The van der Waals surface area contributed by atoms with Gasteiger partial charge in [0.05, 0.1) is 18.3 Å². The summed E-state index contributed by atoms with van der Waals surface area (Å²) in [6.07, 6.45) is 4.21. The minimum atomic E-state index is -0.254. The van der Waals surface area contributed by atoms with Gasteiger partial charge >= 0.3 is 0 Å². The molecule has 1 fully saturated rings. The number of nitrogens with one attached hydrogen (secondary N) is 1. The number of nitrogens with zero attached hydrogens (tertiary/aromatic N) is 2. The predicted octanol–water partition coefficient (Wildman–Crippen LogP) is 4.43. The van der Waals surface area contributed by atoms with Crippen molar-refractivity contribution in [3.8, 4) is 5.75 Å². The Kier molecular flexibility index (Phi) is 3.88. The maximum atomic E-state index is 12.9. The van der Waals surface area contributed by atoms with Gasteiger partial charge in [-0.1, -0.05) is 17.7 Å². The number of imidazole rings is 1. The molecule has 1 N–H and O–H groups in total. The molecule has 3 aromatic rings. The van der Waals surface area contributed by atoms with Crippen molar-refractivity contribution < 1.29 is 9.53 Å². The highest BCUT2D eigenvalue weighted by Gasteiger charge is 2.30. The average Bonchev–Trinajstić information content (AvgIpc) is 3.38. The number of carbonyl (C=O) groups excluding carboxylic acids is 1. The molecule has 4 rings (SSSR count). The van der Waals surface area contributed by atoms with Crippen molar-refractivity contribution in [1.82, 2.24) is 9.38 Å². The molecule has 2 heterocycles. The van der Waals surface area contributed by atoms with E-state index < -0.39 is 0 Å². The summed E-state index contributed by atoms with van der Waals surface area (Å²) in [5.41, 5.74) is 2.69. The summed E-state index contributed by atoms with van der Waals surface area (Å²) in [6.45, 7) is 1.88. The monoisotopic (exact) mass is 355 g/mol. The minimum Gasteiger partial charge on any atom is -0.495 e. The third kappa shape index (κ3) is 2.85. The summed E-state index contributed by atoms with van der Waals surface area (Å²) in [5, 5.41) is 3.51. The summed E-state index contributed by atoms with van der Waals surface area (Å²) in [5.74, 6) is 1.68. The van der Waals surface area contributed by atoms with E-state index in [0.717, 1.165) is 29.7 Å². The number of amides is 1. The average molecular weight is 356 g/mol. The van der Waals surface area contributed by atoms with E-state index in [4.69, 9.17) is 16.3 Å². The number of pyridine rings is 1. The zero-order valence-electron chi connectivity index (χ0n) is 14.0. The Balaban J connectivity index is 1.73. The molecule has 0 bridgehead atoms. The standard InChI is InChI=1S/C19H18ClN3O2/c1-11-9-14(16(25-2)10-13(11)20)21-19(24)17-15-5-3-4-8-23(15)18(22-17)12-6-7-12/h3-5,8-10,12H,6-7H2,1-2H3,(H,21,24). The third-order valence-corrected chi connectivity index (χ3v) is 4.87. The van der Waals surface area contributed by atoms with E-state index in [0.29, 0.717) is 28.1 Å². The maximum absolute atomic E-state index is 12.9. The molecule has 0 aliphatic heterocycles. The lowest BCUT2D eigenvalue weighted by molar-refractivity contribution is 0.102. The van der Waals surface area contributed by atoms with Crippen molar-refractivity contribution in [2.75, 3.05) is 12.4 Å². The molecule has 1 aromatic carbocycles. The van der Waals surface area contributed by atoms with Crippen molar-refractivity contribution in [2.45, 2.75) is 25.7 Å². The van der Waals surface area contributed by atoms with Gasteiger partial charge in [0.15, 0.2) is 5.69 Å². The van der Waals surface area contributed by atoms with Crippen molar-refractivity contribution >= 4 is 28.7 Å². The SMILES string of the molecule is COc1cc(Cl)c(C)cc1NC(=O)c1nc(C2CC2)n2ccccc12. The summed E-state index contributed by atoms with van der Waals surface area (Å²) in [4.78, 5) is 17.5. The van der Waals surface area contributed by atoms with Gasteiger partial charge in [-0.2, -0.15) is 0 Å². The molecule has 1 aliphatic rings. The normalized spacial score (nSPS) is 13.9. The second-order valence-electron chi connectivity index (χ2n) is 6.30. The highest BCUT2D eigenvalue weighted by atomic mass is 35.5. The van der Waals surface area contributed by atoms with E-state index in [-0.39, 0.29) is 5.91 Å². The van der Waals surface area contributed by atoms with Crippen LogP contribution in [0.5, 0.6) is 5.75 Å². The number of methoxy groups -OCH3 is 1. The number of hydrogen-bond acceptors (Lipinski definition) is 3. The number of rotatable bonds is 4. The highest BCUT2D eigenvalue weighted by Crippen LogP contribution is 2.40. The first kappa shape index (κ1) is 16.0. The quantitative estimate of drug-likeness (QED) is 0.753. The molecule has 0 radical (unpaired) electrons. The van der Waals surface area contributed by atoms with Crippen molar-refractivity contribution in [3.05, 3.63) is 58.6 Å². The Labute approximate surface area is 150 Å². The molecular formula is C19H18ClN3O2. The molecule has 1 amide bonds. The topological polar surface area (TPSA) is 55.6 Å². The molecule has 2 aromatic heterocycles. The molecular weight excluding hydrogens is 338 g/mol. The van der Waals surface area contributed by atoms with Gasteiger partial charge in [-0.3, -0.25) is 4.79 Å². The Morgan fingerprint density at radius 1 is 1.36 bits per heavy atom. The lowest BCUT2D eigenvalue weighted by Crippen LogP contribution is -2.14. The first-order chi connectivity index (χ1) is 12.1. The molecule has 5 nitrogen and oxygen atoms in total. The molecule has 25 heavy (non-hydrogen) atoms. The Morgan fingerprint density at radius 2 is 2.16 bits per heavy atom. The van der Waals surface area contributed by atoms with E-state index in [1.807, 2.05) is 35.7 Å². The first-order valence-electron chi connectivity index (χ1n) is 8.21. The van der Waals surface area contributed by atoms with Gasteiger partial charge in [-0.15, -0.1) is 0 Å². The second kappa shape index (κ2) is 6.08. The van der Waals surface area contributed by atoms with Gasteiger partial charge in [-0.05, 0) is 43.5 Å². The fourth-order valence-electron chi connectivity index (χ4n) is 2.97. The van der Waals surface area contributed by atoms with E-state index in [2.05, 4.69) is 10.3 Å². The van der Waals surface area contributed by atoms with Gasteiger partial charge in [0.2, 0.25) is 0 Å². The minimum absolute atomic E-state index is 0.254. The number of ether oxygens (including phenoxy) is 1. The molecule has 0 atom stereocenters.